The van der Waals surface area contributed by atoms with Crippen molar-refractivity contribution in [2.45, 2.75) is 6.42 Å². The first-order chi connectivity index (χ1) is 11.5. The summed E-state index contributed by atoms with van der Waals surface area (Å²) in [5.74, 6) is -0.846. The minimum Gasteiger partial charge on any atom is -0.493 e. The molecule has 2 aromatic rings. The highest BCUT2D eigenvalue weighted by Crippen LogP contribution is 2.17. The molecule has 0 aliphatic heterocycles. The van der Waals surface area contributed by atoms with E-state index >= 15 is 0 Å². The van der Waals surface area contributed by atoms with E-state index in [1.807, 2.05) is 0 Å². The number of aromatic nitrogens is 2. The number of aromatic carboxylic acids is 1. The van der Waals surface area contributed by atoms with Crippen LogP contribution in [0.25, 0.3) is 0 Å². The van der Waals surface area contributed by atoms with Gasteiger partial charge in [0.15, 0.2) is 5.69 Å². The quantitative estimate of drug-likeness (QED) is 0.771. The van der Waals surface area contributed by atoms with Crippen LogP contribution in [0.5, 0.6) is 5.75 Å². The zero-order valence-electron chi connectivity index (χ0n) is 13.0. The molecule has 126 valence electrons. The number of carboxylic acids is 1. The van der Waals surface area contributed by atoms with Gasteiger partial charge in [-0.1, -0.05) is 17.7 Å². The van der Waals surface area contributed by atoms with Crippen molar-refractivity contribution in [1.29, 1.82) is 0 Å². The Labute approximate surface area is 143 Å². The molecule has 1 aromatic carbocycles. The maximum Gasteiger partial charge on any atom is 0.356 e. The van der Waals surface area contributed by atoms with Gasteiger partial charge >= 0.3 is 5.97 Å². The Bertz CT molecular complexity index is 722. The zero-order chi connectivity index (χ0) is 17.5. The Balaban J connectivity index is 1.80. The normalized spacial score (nSPS) is 10.2. The molecule has 0 atom stereocenters. The predicted molar refractivity (Wildman–Crippen MR) is 87.5 cm³/mol. The summed E-state index contributed by atoms with van der Waals surface area (Å²) in [6, 6.07) is 7.08. The fourth-order valence-corrected chi connectivity index (χ4v) is 2.07. The Morgan fingerprint density at radius 2 is 1.96 bits per heavy atom. The molecule has 1 amide bonds. The second-order valence-corrected chi connectivity index (χ2v) is 5.41. The summed E-state index contributed by atoms with van der Waals surface area (Å²) in [6.45, 7) is 0.892. The van der Waals surface area contributed by atoms with Crippen molar-refractivity contribution in [3.05, 3.63) is 53.1 Å². The highest BCUT2D eigenvalue weighted by atomic mass is 35.5. The Hall–Kier alpha value is -2.67. The fourth-order valence-electron chi connectivity index (χ4n) is 1.89. The first-order valence-electron chi connectivity index (χ1n) is 7.16. The van der Waals surface area contributed by atoms with Gasteiger partial charge in [-0.3, -0.25) is 4.79 Å². The highest BCUT2D eigenvalue weighted by molar-refractivity contribution is 6.30. The van der Waals surface area contributed by atoms with E-state index in [4.69, 9.17) is 21.4 Å². The van der Waals surface area contributed by atoms with Gasteiger partial charge in [-0.25, -0.2) is 14.8 Å². The monoisotopic (exact) mass is 349 g/mol. The first kappa shape index (κ1) is 17.7. The molecule has 1 N–H and O–H groups in total. The van der Waals surface area contributed by atoms with Gasteiger partial charge in [0, 0.05) is 18.6 Å². The van der Waals surface area contributed by atoms with E-state index in [1.165, 1.54) is 4.90 Å². The second-order valence-electron chi connectivity index (χ2n) is 4.98. The van der Waals surface area contributed by atoms with Crippen LogP contribution in [0.4, 0.5) is 0 Å². The number of ether oxygens (including phenoxy) is 1. The molecule has 0 bridgehead atoms. The fraction of sp³-hybridized carbons (Fsp3) is 0.250. The van der Waals surface area contributed by atoms with E-state index in [-0.39, 0.29) is 17.3 Å². The summed E-state index contributed by atoms with van der Waals surface area (Å²) in [4.78, 5) is 31.8. The predicted octanol–water partition coefficient (Wildman–Crippen LogP) is 2.37. The number of rotatable bonds is 7. The molecule has 1 aromatic heterocycles. The van der Waals surface area contributed by atoms with Gasteiger partial charge in [-0.2, -0.15) is 0 Å². The maximum absolute atomic E-state index is 12.2. The summed E-state index contributed by atoms with van der Waals surface area (Å²) < 4.78 is 5.55. The van der Waals surface area contributed by atoms with E-state index in [2.05, 4.69) is 9.97 Å². The molecule has 0 saturated carbocycles. The van der Waals surface area contributed by atoms with Crippen LogP contribution in [0.2, 0.25) is 5.02 Å². The van der Waals surface area contributed by atoms with Gasteiger partial charge in [0.05, 0.1) is 19.0 Å². The average molecular weight is 350 g/mol. The van der Waals surface area contributed by atoms with E-state index in [0.717, 1.165) is 12.4 Å². The Kier molecular flexibility index (Phi) is 6.08. The highest BCUT2D eigenvalue weighted by Gasteiger charge is 2.14. The lowest BCUT2D eigenvalue weighted by Crippen LogP contribution is -2.29. The lowest BCUT2D eigenvalue weighted by atomic mass is 10.3. The molecule has 0 radical (unpaired) electrons. The van der Waals surface area contributed by atoms with Gasteiger partial charge in [0.2, 0.25) is 0 Å². The van der Waals surface area contributed by atoms with Crippen molar-refractivity contribution in [3.63, 3.8) is 0 Å². The minimum atomic E-state index is -1.19. The van der Waals surface area contributed by atoms with Crippen molar-refractivity contribution in [3.8, 4) is 5.75 Å². The number of hydrogen-bond donors (Lipinski definition) is 1. The molecule has 24 heavy (non-hydrogen) atoms. The number of amides is 1. The Morgan fingerprint density at radius 1 is 1.25 bits per heavy atom. The Morgan fingerprint density at radius 3 is 2.58 bits per heavy atom. The SMILES string of the molecule is CN(CCCOc1cccc(Cl)c1)C(=O)c1cnc(C(=O)O)cn1. The molecule has 8 heteroatoms. The summed E-state index contributed by atoms with van der Waals surface area (Å²) in [5, 5.41) is 9.36. The molecular formula is C16H16ClN3O4. The van der Waals surface area contributed by atoms with Crippen LogP contribution in [0, 0.1) is 0 Å². The summed E-state index contributed by atoms with van der Waals surface area (Å²) in [6.07, 6.45) is 2.84. The zero-order valence-corrected chi connectivity index (χ0v) is 13.7. The number of hydrogen-bond acceptors (Lipinski definition) is 5. The molecular weight excluding hydrogens is 334 g/mol. The molecule has 7 nitrogen and oxygen atoms in total. The number of carbonyl (C=O) groups is 2. The average Bonchev–Trinajstić information content (AvgIpc) is 2.58. The van der Waals surface area contributed by atoms with Crippen LogP contribution in [0.1, 0.15) is 27.4 Å². The van der Waals surface area contributed by atoms with Crippen LogP contribution in [0.15, 0.2) is 36.7 Å². The minimum absolute atomic E-state index is 0.0956. The molecule has 0 saturated heterocycles. The van der Waals surface area contributed by atoms with Crippen molar-refractivity contribution in [2.75, 3.05) is 20.2 Å². The molecule has 1 heterocycles. The lowest BCUT2D eigenvalue weighted by molar-refractivity contribution is 0.0687. The summed E-state index contributed by atoms with van der Waals surface area (Å²) in [5.41, 5.74) is -0.109. The molecule has 0 unspecified atom stereocenters. The maximum atomic E-state index is 12.2. The summed E-state index contributed by atoms with van der Waals surface area (Å²) in [7, 11) is 1.63. The van der Waals surface area contributed by atoms with Gasteiger partial charge in [-0.05, 0) is 24.6 Å². The number of nitrogens with zero attached hydrogens (tertiary/aromatic N) is 3. The smallest absolute Gasteiger partial charge is 0.356 e. The van der Waals surface area contributed by atoms with Crippen molar-refractivity contribution < 1.29 is 19.4 Å². The van der Waals surface area contributed by atoms with Crippen molar-refractivity contribution in [1.82, 2.24) is 14.9 Å². The number of halogens is 1. The third kappa shape index (κ3) is 4.92. The number of benzene rings is 1. The van der Waals surface area contributed by atoms with Gasteiger partial charge < -0.3 is 14.7 Å². The van der Waals surface area contributed by atoms with Crippen LogP contribution in [-0.4, -0.2) is 52.1 Å². The second kappa shape index (κ2) is 8.26. The largest absolute Gasteiger partial charge is 0.493 e. The molecule has 0 aliphatic carbocycles. The topological polar surface area (TPSA) is 92.6 Å². The van der Waals surface area contributed by atoms with E-state index in [0.29, 0.717) is 30.3 Å². The van der Waals surface area contributed by atoms with Crippen LogP contribution < -0.4 is 4.74 Å². The molecule has 0 fully saturated rings. The van der Waals surface area contributed by atoms with Gasteiger partial charge in [0.1, 0.15) is 11.4 Å². The van der Waals surface area contributed by atoms with Gasteiger partial charge in [0.25, 0.3) is 5.91 Å². The standard InChI is InChI=1S/C16H16ClN3O4/c1-20(6-3-7-24-12-5-2-4-11(17)8-12)15(21)13-9-19-14(10-18-13)16(22)23/h2,4-5,8-10H,3,6-7H2,1H3,(H,22,23). The van der Waals surface area contributed by atoms with Gasteiger partial charge in [-0.15, -0.1) is 0 Å². The lowest BCUT2D eigenvalue weighted by Gasteiger charge is -2.16. The molecule has 0 spiro atoms. The molecule has 0 aliphatic rings. The molecule has 2 rings (SSSR count). The third-order valence-electron chi connectivity index (χ3n) is 3.14. The van der Waals surface area contributed by atoms with Crippen LogP contribution in [-0.2, 0) is 0 Å². The van der Waals surface area contributed by atoms with Crippen molar-refractivity contribution in [2.24, 2.45) is 0 Å². The van der Waals surface area contributed by atoms with E-state index < -0.39 is 5.97 Å². The van der Waals surface area contributed by atoms with E-state index in [1.54, 1.807) is 31.3 Å². The number of carbonyl (C=O) groups excluding carboxylic acids is 1. The van der Waals surface area contributed by atoms with Crippen LogP contribution >= 0.6 is 11.6 Å². The third-order valence-corrected chi connectivity index (χ3v) is 3.37. The van der Waals surface area contributed by atoms with E-state index in [9.17, 15) is 9.59 Å². The first-order valence-corrected chi connectivity index (χ1v) is 7.54. The van der Waals surface area contributed by atoms with Crippen LogP contribution in [0.3, 0.4) is 0 Å². The number of carboxylic acid groups (broad SMARTS) is 1. The summed E-state index contributed by atoms with van der Waals surface area (Å²) >= 11 is 5.87. The van der Waals surface area contributed by atoms with Crippen molar-refractivity contribution >= 4 is 23.5 Å².